The Labute approximate surface area is 94.3 Å². The summed E-state index contributed by atoms with van der Waals surface area (Å²) >= 11 is 0. The van der Waals surface area contributed by atoms with E-state index < -0.39 is 0 Å². The molecule has 2 rings (SSSR count). The third-order valence-electron chi connectivity index (χ3n) is 2.34. The molecular formula is C11H15N5. The van der Waals surface area contributed by atoms with Gasteiger partial charge in [-0.25, -0.2) is 4.68 Å². The molecular weight excluding hydrogens is 202 g/mol. The smallest absolute Gasteiger partial charge is 0.0846 e. The van der Waals surface area contributed by atoms with Gasteiger partial charge in [0.25, 0.3) is 0 Å². The minimum atomic E-state index is 0.733. The summed E-state index contributed by atoms with van der Waals surface area (Å²) in [5.74, 6) is 0. The van der Waals surface area contributed by atoms with Crippen molar-refractivity contribution in [3.63, 3.8) is 0 Å². The lowest BCUT2D eigenvalue weighted by Gasteiger charge is -1.96. The van der Waals surface area contributed by atoms with E-state index in [4.69, 9.17) is 5.73 Å². The molecule has 84 valence electrons. The number of unbranched alkanes of at least 4 members (excludes halogenated alkanes) is 1. The minimum absolute atomic E-state index is 0.733. The Bertz CT molecular complexity index is 423. The van der Waals surface area contributed by atoms with Crippen molar-refractivity contribution in [2.75, 3.05) is 6.54 Å². The van der Waals surface area contributed by atoms with E-state index in [-0.39, 0.29) is 0 Å². The molecule has 0 aliphatic rings. The Kier molecular flexibility index (Phi) is 3.61. The van der Waals surface area contributed by atoms with Gasteiger partial charge in [0.15, 0.2) is 0 Å². The van der Waals surface area contributed by atoms with Crippen LogP contribution in [0.25, 0.3) is 5.69 Å². The molecule has 16 heavy (non-hydrogen) atoms. The summed E-state index contributed by atoms with van der Waals surface area (Å²) in [5.41, 5.74) is 7.37. The first-order chi connectivity index (χ1) is 7.90. The van der Waals surface area contributed by atoms with Gasteiger partial charge in [0.05, 0.1) is 23.8 Å². The van der Waals surface area contributed by atoms with E-state index in [2.05, 4.69) is 15.3 Å². The highest BCUT2D eigenvalue weighted by Crippen LogP contribution is 2.06. The van der Waals surface area contributed by atoms with Gasteiger partial charge in [-0.1, -0.05) is 5.21 Å². The van der Waals surface area contributed by atoms with E-state index in [1.54, 1.807) is 17.1 Å². The topological polar surface area (TPSA) is 69.6 Å². The second-order valence-corrected chi connectivity index (χ2v) is 3.61. The van der Waals surface area contributed by atoms with Crippen LogP contribution in [-0.2, 0) is 6.42 Å². The van der Waals surface area contributed by atoms with Gasteiger partial charge in [-0.3, -0.25) is 4.98 Å². The maximum atomic E-state index is 5.44. The summed E-state index contributed by atoms with van der Waals surface area (Å²) in [6.07, 6.45) is 8.45. The minimum Gasteiger partial charge on any atom is -0.330 e. The van der Waals surface area contributed by atoms with E-state index in [0.717, 1.165) is 37.2 Å². The first kappa shape index (κ1) is 10.8. The van der Waals surface area contributed by atoms with Crippen molar-refractivity contribution in [3.8, 4) is 5.69 Å². The van der Waals surface area contributed by atoms with Crippen molar-refractivity contribution < 1.29 is 0 Å². The maximum absolute atomic E-state index is 5.44. The Morgan fingerprint density at radius 3 is 3.00 bits per heavy atom. The Balaban J connectivity index is 2.02. The Hall–Kier alpha value is -1.75. The van der Waals surface area contributed by atoms with E-state index in [1.807, 2.05) is 18.3 Å². The van der Waals surface area contributed by atoms with Crippen molar-refractivity contribution >= 4 is 0 Å². The molecule has 2 N–H and O–H groups in total. The quantitative estimate of drug-likeness (QED) is 0.757. The Morgan fingerprint density at radius 1 is 1.31 bits per heavy atom. The molecule has 0 radical (unpaired) electrons. The van der Waals surface area contributed by atoms with Crippen LogP contribution in [0.15, 0.2) is 30.7 Å². The predicted molar refractivity (Wildman–Crippen MR) is 61.1 cm³/mol. The molecule has 0 spiro atoms. The first-order valence-corrected chi connectivity index (χ1v) is 5.42. The first-order valence-electron chi connectivity index (χ1n) is 5.42. The van der Waals surface area contributed by atoms with Crippen LogP contribution in [0, 0.1) is 0 Å². The van der Waals surface area contributed by atoms with Crippen LogP contribution in [0.2, 0.25) is 0 Å². The van der Waals surface area contributed by atoms with Crippen molar-refractivity contribution in [3.05, 3.63) is 36.4 Å². The van der Waals surface area contributed by atoms with Crippen LogP contribution in [0.4, 0.5) is 0 Å². The number of pyridine rings is 1. The van der Waals surface area contributed by atoms with Gasteiger partial charge in [0.2, 0.25) is 0 Å². The number of aromatic nitrogens is 4. The highest BCUT2D eigenvalue weighted by Gasteiger charge is 2.01. The summed E-state index contributed by atoms with van der Waals surface area (Å²) < 4.78 is 1.74. The van der Waals surface area contributed by atoms with Crippen LogP contribution in [-0.4, -0.2) is 26.5 Å². The maximum Gasteiger partial charge on any atom is 0.0846 e. The molecule has 5 nitrogen and oxygen atoms in total. The molecule has 0 fully saturated rings. The molecule has 0 amide bonds. The number of nitrogens with two attached hydrogens (primary N) is 1. The van der Waals surface area contributed by atoms with E-state index in [9.17, 15) is 0 Å². The van der Waals surface area contributed by atoms with Gasteiger partial charge < -0.3 is 5.73 Å². The van der Waals surface area contributed by atoms with Crippen LogP contribution in [0.5, 0.6) is 0 Å². The zero-order chi connectivity index (χ0) is 11.2. The van der Waals surface area contributed by atoms with Crippen LogP contribution in [0.1, 0.15) is 18.5 Å². The zero-order valence-corrected chi connectivity index (χ0v) is 9.08. The second-order valence-electron chi connectivity index (χ2n) is 3.61. The largest absolute Gasteiger partial charge is 0.330 e. The van der Waals surface area contributed by atoms with E-state index >= 15 is 0 Å². The highest BCUT2D eigenvalue weighted by atomic mass is 15.4. The molecule has 0 atom stereocenters. The zero-order valence-electron chi connectivity index (χ0n) is 9.08. The molecule has 2 aromatic heterocycles. The summed E-state index contributed by atoms with van der Waals surface area (Å²) in [6.45, 7) is 0.733. The lowest BCUT2D eigenvalue weighted by atomic mass is 10.2. The second kappa shape index (κ2) is 5.37. The van der Waals surface area contributed by atoms with Gasteiger partial charge in [-0.2, -0.15) is 0 Å². The molecule has 0 saturated heterocycles. The van der Waals surface area contributed by atoms with E-state index in [1.165, 1.54) is 0 Å². The predicted octanol–water partition coefficient (Wildman–Crippen LogP) is 0.944. The molecule has 0 aliphatic carbocycles. The molecule has 0 unspecified atom stereocenters. The van der Waals surface area contributed by atoms with Crippen molar-refractivity contribution in [1.82, 2.24) is 20.0 Å². The summed E-state index contributed by atoms with van der Waals surface area (Å²) in [6, 6.07) is 3.83. The van der Waals surface area contributed by atoms with E-state index in [0.29, 0.717) is 0 Å². The number of hydrogen-bond acceptors (Lipinski definition) is 4. The summed E-state index contributed by atoms with van der Waals surface area (Å²) in [5, 5.41) is 8.17. The van der Waals surface area contributed by atoms with Crippen LogP contribution < -0.4 is 5.73 Å². The standard InChI is InChI=1S/C11H15N5/c12-6-2-1-4-10-9-16(15-14-10)11-5-3-7-13-8-11/h3,5,7-9H,1-2,4,6,12H2. The summed E-state index contributed by atoms with van der Waals surface area (Å²) in [4.78, 5) is 4.04. The van der Waals surface area contributed by atoms with Crippen LogP contribution >= 0.6 is 0 Å². The fourth-order valence-electron chi connectivity index (χ4n) is 1.48. The number of nitrogens with zero attached hydrogens (tertiary/aromatic N) is 4. The van der Waals surface area contributed by atoms with Gasteiger partial charge >= 0.3 is 0 Å². The number of rotatable bonds is 5. The third kappa shape index (κ3) is 2.64. The molecule has 2 heterocycles. The molecule has 0 saturated carbocycles. The molecule has 5 heteroatoms. The average Bonchev–Trinajstić information content (AvgIpc) is 2.79. The molecule has 2 aromatic rings. The van der Waals surface area contributed by atoms with Gasteiger partial charge in [-0.15, -0.1) is 5.10 Å². The van der Waals surface area contributed by atoms with Gasteiger partial charge in [-0.05, 0) is 37.9 Å². The fourth-order valence-corrected chi connectivity index (χ4v) is 1.48. The Morgan fingerprint density at radius 2 is 2.25 bits per heavy atom. The van der Waals surface area contributed by atoms with Crippen molar-refractivity contribution in [2.24, 2.45) is 5.73 Å². The average molecular weight is 217 g/mol. The van der Waals surface area contributed by atoms with Crippen molar-refractivity contribution in [2.45, 2.75) is 19.3 Å². The normalized spacial score (nSPS) is 10.6. The summed E-state index contributed by atoms with van der Waals surface area (Å²) in [7, 11) is 0. The lowest BCUT2D eigenvalue weighted by Crippen LogP contribution is -1.99. The number of aryl methyl sites for hydroxylation is 1. The van der Waals surface area contributed by atoms with Gasteiger partial charge in [0, 0.05) is 6.20 Å². The molecule has 0 aliphatic heterocycles. The number of hydrogen-bond donors (Lipinski definition) is 1. The third-order valence-corrected chi connectivity index (χ3v) is 2.34. The fraction of sp³-hybridized carbons (Fsp3) is 0.364. The van der Waals surface area contributed by atoms with Crippen LogP contribution in [0.3, 0.4) is 0 Å². The van der Waals surface area contributed by atoms with Crippen molar-refractivity contribution in [1.29, 1.82) is 0 Å². The molecule has 0 bridgehead atoms. The SMILES string of the molecule is NCCCCc1cn(-c2cccnc2)nn1. The lowest BCUT2D eigenvalue weighted by molar-refractivity contribution is 0.727. The highest BCUT2D eigenvalue weighted by molar-refractivity contribution is 5.26. The van der Waals surface area contributed by atoms with Gasteiger partial charge in [0.1, 0.15) is 0 Å². The molecule has 0 aromatic carbocycles. The monoisotopic (exact) mass is 217 g/mol.